The Balaban J connectivity index is 1.36. The van der Waals surface area contributed by atoms with Gasteiger partial charge < -0.3 is 5.32 Å². The number of imide groups is 1. The van der Waals surface area contributed by atoms with Crippen molar-refractivity contribution in [3.8, 4) is 0 Å². The van der Waals surface area contributed by atoms with Gasteiger partial charge in [-0.15, -0.1) is 0 Å². The number of non-ortho nitro benzene ring substituents is 1. The molecule has 2 unspecified atom stereocenters. The zero-order valence-electron chi connectivity index (χ0n) is 22.7. The first-order valence-electron chi connectivity index (χ1n) is 13.0. The van der Waals surface area contributed by atoms with E-state index in [1.54, 1.807) is 24.3 Å². The fraction of sp³-hybridized carbons (Fsp3) is 0.143. The summed E-state index contributed by atoms with van der Waals surface area (Å²) in [5.74, 6) is -3.22. The van der Waals surface area contributed by atoms with Gasteiger partial charge in [-0.1, -0.05) is 51.2 Å². The summed E-state index contributed by atoms with van der Waals surface area (Å²) in [7, 11) is -3.92. The molecule has 4 aromatic rings. The second-order valence-electron chi connectivity index (χ2n) is 10.1. The number of nitro groups is 1. The molecule has 0 saturated carbocycles. The van der Waals surface area contributed by atoms with Crippen LogP contribution in [0, 0.1) is 16.0 Å². The highest BCUT2D eigenvalue weighted by Crippen LogP contribution is 2.54. The maximum atomic E-state index is 14.0. The summed E-state index contributed by atoms with van der Waals surface area (Å²) in [6.45, 7) is -0.411. The number of nitrogens with two attached hydrogens (primary N) is 1. The number of halogens is 1. The average Bonchev–Trinajstić information content (AvgIpc) is 3.43. The van der Waals surface area contributed by atoms with Crippen molar-refractivity contribution in [3.05, 3.63) is 107 Å². The molecular formula is C28H20BrN5O8S3. The molecule has 0 bridgehead atoms. The normalized spacial score (nSPS) is 19.2. The SMILES string of the molecule is NS(=O)(=O)c1ccc(NC(=O)Cn2c3c(sc2=O)[C@H](c2cccc(Br)c2)C2C(=O)N(c4ccc([N+](=O)[O-])cc4)C(=O)C2S3)cc1. The zero-order chi connectivity index (χ0) is 32.2. The van der Waals surface area contributed by atoms with Gasteiger partial charge in [-0.3, -0.25) is 33.9 Å². The van der Waals surface area contributed by atoms with E-state index in [0.717, 1.165) is 32.5 Å². The topological polar surface area (TPSA) is 192 Å². The minimum Gasteiger partial charge on any atom is -0.325 e. The van der Waals surface area contributed by atoms with Gasteiger partial charge in [0.25, 0.3) is 5.69 Å². The van der Waals surface area contributed by atoms with Crippen LogP contribution in [0.4, 0.5) is 17.1 Å². The van der Waals surface area contributed by atoms with Gasteiger partial charge >= 0.3 is 4.87 Å². The van der Waals surface area contributed by atoms with Gasteiger partial charge in [0, 0.05) is 33.1 Å². The van der Waals surface area contributed by atoms with Crippen LogP contribution < -0.4 is 20.2 Å². The molecule has 3 N–H and O–H groups in total. The van der Waals surface area contributed by atoms with Crippen molar-refractivity contribution in [3.63, 3.8) is 0 Å². The van der Waals surface area contributed by atoms with Crippen molar-refractivity contribution < 1.29 is 27.7 Å². The van der Waals surface area contributed by atoms with Gasteiger partial charge in [-0.2, -0.15) is 0 Å². The average molecular weight is 731 g/mol. The predicted octanol–water partition coefficient (Wildman–Crippen LogP) is 3.66. The quantitative estimate of drug-likeness (QED) is 0.162. The maximum Gasteiger partial charge on any atom is 0.308 e. The number of primary sulfonamides is 1. The lowest BCUT2D eigenvalue weighted by atomic mass is 9.83. The number of nitrogens with one attached hydrogen (secondary N) is 1. The smallest absolute Gasteiger partial charge is 0.308 e. The number of fused-ring (bicyclic) bond motifs is 2. The van der Waals surface area contributed by atoms with E-state index in [1.165, 1.54) is 53.1 Å². The summed E-state index contributed by atoms with van der Waals surface area (Å²) in [4.78, 5) is 65.7. The number of thioether (sulfide) groups is 1. The molecule has 0 radical (unpaired) electrons. The molecule has 1 saturated heterocycles. The fourth-order valence-electron chi connectivity index (χ4n) is 5.36. The third-order valence-corrected chi connectivity index (χ3v) is 11.4. The molecule has 0 aliphatic carbocycles. The van der Waals surface area contributed by atoms with E-state index < -0.39 is 61.2 Å². The summed E-state index contributed by atoms with van der Waals surface area (Å²) < 4.78 is 25.1. The summed E-state index contributed by atoms with van der Waals surface area (Å²) in [5.41, 5.74) is 0.952. The van der Waals surface area contributed by atoms with Gasteiger partial charge in [0.1, 0.15) is 11.8 Å². The molecule has 1 fully saturated rings. The largest absolute Gasteiger partial charge is 0.325 e. The van der Waals surface area contributed by atoms with Crippen molar-refractivity contribution in [2.75, 3.05) is 10.2 Å². The first-order valence-corrected chi connectivity index (χ1v) is 17.1. The Labute approximate surface area is 271 Å². The molecule has 6 rings (SSSR count). The highest BCUT2D eigenvalue weighted by atomic mass is 79.9. The van der Waals surface area contributed by atoms with Crippen molar-refractivity contribution in [2.24, 2.45) is 11.1 Å². The van der Waals surface area contributed by atoms with E-state index in [9.17, 15) is 37.7 Å². The van der Waals surface area contributed by atoms with Crippen LogP contribution in [0.5, 0.6) is 0 Å². The van der Waals surface area contributed by atoms with E-state index in [2.05, 4.69) is 21.2 Å². The van der Waals surface area contributed by atoms with Crippen LogP contribution in [-0.2, 0) is 31.0 Å². The first kappa shape index (κ1) is 30.8. The Morgan fingerprint density at radius 3 is 2.33 bits per heavy atom. The minimum absolute atomic E-state index is 0.133. The number of nitro benzene ring substituents is 1. The summed E-state index contributed by atoms with van der Waals surface area (Å²) in [5, 5.41) is 18.3. The molecule has 3 aromatic carbocycles. The predicted molar refractivity (Wildman–Crippen MR) is 170 cm³/mol. The molecule has 2 aliphatic heterocycles. The van der Waals surface area contributed by atoms with Gasteiger partial charge in [-0.25, -0.2) is 18.5 Å². The first-order chi connectivity index (χ1) is 21.3. The Hall–Kier alpha value is -4.16. The zero-order valence-corrected chi connectivity index (χ0v) is 26.7. The number of anilines is 2. The number of rotatable bonds is 7. The van der Waals surface area contributed by atoms with E-state index in [0.29, 0.717) is 15.5 Å². The lowest BCUT2D eigenvalue weighted by Crippen LogP contribution is -2.33. The van der Waals surface area contributed by atoms with Gasteiger partial charge in [0.2, 0.25) is 27.7 Å². The lowest BCUT2D eigenvalue weighted by molar-refractivity contribution is -0.384. The van der Waals surface area contributed by atoms with Crippen LogP contribution in [0.2, 0.25) is 0 Å². The molecule has 13 nitrogen and oxygen atoms in total. The maximum absolute atomic E-state index is 14.0. The molecule has 2 aliphatic rings. The van der Waals surface area contributed by atoms with Crippen molar-refractivity contribution in [2.45, 2.75) is 27.6 Å². The molecule has 0 spiro atoms. The molecule has 45 heavy (non-hydrogen) atoms. The highest BCUT2D eigenvalue weighted by Gasteiger charge is 2.56. The van der Waals surface area contributed by atoms with Crippen LogP contribution in [0.15, 0.2) is 92.0 Å². The second kappa shape index (κ2) is 11.6. The second-order valence-corrected chi connectivity index (χ2v) is 14.7. The van der Waals surface area contributed by atoms with Gasteiger partial charge in [0.15, 0.2) is 0 Å². The van der Waals surface area contributed by atoms with Crippen molar-refractivity contribution in [1.82, 2.24) is 4.57 Å². The van der Waals surface area contributed by atoms with Gasteiger partial charge in [-0.05, 0) is 54.1 Å². The molecule has 3 amide bonds. The Morgan fingerprint density at radius 1 is 1.02 bits per heavy atom. The minimum atomic E-state index is -3.92. The molecular weight excluding hydrogens is 710 g/mol. The molecule has 3 heterocycles. The third-order valence-electron chi connectivity index (χ3n) is 7.34. The van der Waals surface area contributed by atoms with Gasteiger partial charge in [0.05, 0.1) is 26.5 Å². The third kappa shape index (κ3) is 5.72. The van der Waals surface area contributed by atoms with Crippen molar-refractivity contribution >= 4 is 83.8 Å². The number of sulfonamides is 1. The van der Waals surface area contributed by atoms with E-state index >= 15 is 0 Å². The van der Waals surface area contributed by atoms with Crippen LogP contribution in [0.1, 0.15) is 16.4 Å². The number of benzene rings is 3. The number of aromatic nitrogens is 1. The summed E-state index contributed by atoms with van der Waals surface area (Å²) >= 11 is 5.37. The van der Waals surface area contributed by atoms with E-state index in [4.69, 9.17) is 5.14 Å². The lowest BCUT2D eigenvalue weighted by Gasteiger charge is -2.30. The van der Waals surface area contributed by atoms with Crippen LogP contribution in [0.25, 0.3) is 0 Å². The van der Waals surface area contributed by atoms with E-state index in [1.807, 2.05) is 0 Å². The summed E-state index contributed by atoms with van der Waals surface area (Å²) in [6.07, 6.45) is 0. The molecule has 1 aromatic heterocycles. The molecule has 17 heteroatoms. The number of nitrogens with zero attached hydrogens (tertiary/aromatic N) is 3. The van der Waals surface area contributed by atoms with Crippen LogP contribution >= 0.6 is 39.0 Å². The Morgan fingerprint density at radius 2 is 1.71 bits per heavy atom. The van der Waals surface area contributed by atoms with Crippen LogP contribution in [-0.4, -0.2) is 40.9 Å². The monoisotopic (exact) mass is 729 g/mol. The number of hydrogen-bond acceptors (Lipinski definition) is 10. The molecule has 230 valence electrons. The molecule has 3 atom stereocenters. The van der Waals surface area contributed by atoms with E-state index in [-0.39, 0.29) is 22.0 Å². The summed E-state index contributed by atoms with van der Waals surface area (Å²) in [6, 6.07) is 17.5. The number of carbonyl (C=O) groups excluding carboxylic acids is 3. The highest BCUT2D eigenvalue weighted by molar-refractivity contribution is 9.10. The number of hydrogen-bond donors (Lipinski definition) is 2. The number of thiazole rings is 1. The Kier molecular flexibility index (Phi) is 7.98. The van der Waals surface area contributed by atoms with Crippen LogP contribution in [0.3, 0.4) is 0 Å². The number of amides is 3. The fourth-order valence-corrected chi connectivity index (χ4v) is 9.07. The Bertz CT molecular complexity index is 2060. The standard InChI is InChI=1S/C28H20BrN5O8S3/c29-15-3-1-2-14(12-15)21-22-23(26(37)33(25(22)36)17-6-8-18(9-7-17)34(39)40)43-27-24(21)44-28(38)32(27)13-20(35)31-16-4-10-19(11-5-16)45(30,41)42/h1-12,21-23H,13H2,(H,31,35)(H2,30,41,42)/t21-,22?,23?/m1/s1. The van der Waals surface area contributed by atoms with Crippen molar-refractivity contribution in [1.29, 1.82) is 0 Å². The number of carbonyl (C=O) groups is 3.